The van der Waals surface area contributed by atoms with Gasteiger partial charge in [0.15, 0.2) is 0 Å². The van der Waals surface area contributed by atoms with Crippen molar-refractivity contribution in [1.29, 1.82) is 5.26 Å². The van der Waals surface area contributed by atoms with Crippen molar-refractivity contribution in [3.63, 3.8) is 0 Å². The molecule has 0 aromatic carbocycles. The second-order valence-electron chi connectivity index (χ2n) is 5.28. The fraction of sp³-hybridized carbons (Fsp3) is 0.643. The summed E-state index contributed by atoms with van der Waals surface area (Å²) in [4.78, 5) is 0. The summed E-state index contributed by atoms with van der Waals surface area (Å²) in [5, 5.41) is 9.16. The standard InChI is InChI=1S/C14H21N3/c1-9-6-4-5-7-13(9)17-11(3)10(2)12(8-15)14(17)16/h9,13H,4-7,16H2,1-3H3. The number of rotatable bonds is 1. The molecule has 92 valence electrons. The van der Waals surface area contributed by atoms with Gasteiger partial charge >= 0.3 is 0 Å². The van der Waals surface area contributed by atoms with Crippen molar-refractivity contribution in [2.24, 2.45) is 5.92 Å². The molecule has 0 radical (unpaired) electrons. The number of nitrogen functional groups attached to an aromatic ring is 1. The summed E-state index contributed by atoms with van der Waals surface area (Å²) in [6, 6.07) is 2.71. The van der Waals surface area contributed by atoms with Crippen LogP contribution in [-0.2, 0) is 0 Å². The normalized spacial score (nSPS) is 24.6. The lowest BCUT2D eigenvalue weighted by atomic mass is 9.85. The zero-order chi connectivity index (χ0) is 12.6. The Bertz CT molecular complexity index is 465. The molecule has 17 heavy (non-hydrogen) atoms. The molecule has 1 aromatic rings. The van der Waals surface area contributed by atoms with Crippen LogP contribution in [0.5, 0.6) is 0 Å². The van der Waals surface area contributed by atoms with Crippen molar-refractivity contribution >= 4 is 5.82 Å². The molecule has 1 aliphatic carbocycles. The van der Waals surface area contributed by atoms with Crippen molar-refractivity contribution in [2.75, 3.05) is 5.73 Å². The predicted molar refractivity (Wildman–Crippen MR) is 69.7 cm³/mol. The summed E-state index contributed by atoms with van der Waals surface area (Å²) in [6.07, 6.45) is 5.04. The Morgan fingerprint density at radius 3 is 2.47 bits per heavy atom. The summed E-state index contributed by atoms with van der Waals surface area (Å²) < 4.78 is 2.21. The van der Waals surface area contributed by atoms with E-state index in [1.54, 1.807) is 0 Å². The molecule has 0 bridgehead atoms. The molecule has 1 fully saturated rings. The van der Waals surface area contributed by atoms with Crippen molar-refractivity contribution in [3.05, 3.63) is 16.8 Å². The fourth-order valence-corrected chi connectivity index (χ4v) is 3.10. The van der Waals surface area contributed by atoms with E-state index in [-0.39, 0.29) is 0 Å². The zero-order valence-electron chi connectivity index (χ0n) is 11.0. The summed E-state index contributed by atoms with van der Waals surface area (Å²) in [6.45, 7) is 6.37. The van der Waals surface area contributed by atoms with Crippen LogP contribution in [0.15, 0.2) is 0 Å². The van der Waals surface area contributed by atoms with Gasteiger partial charge in [-0.15, -0.1) is 0 Å². The van der Waals surface area contributed by atoms with Gasteiger partial charge in [0, 0.05) is 11.7 Å². The van der Waals surface area contributed by atoms with Crippen LogP contribution in [0.2, 0.25) is 0 Å². The first-order chi connectivity index (χ1) is 8.07. The molecule has 2 rings (SSSR count). The third kappa shape index (κ3) is 1.82. The summed E-state index contributed by atoms with van der Waals surface area (Å²) in [7, 11) is 0. The largest absolute Gasteiger partial charge is 0.384 e. The zero-order valence-corrected chi connectivity index (χ0v) is 11.0. The SMILES string of the molecule is Cc1c(C#N)c(N)n(C2CCCCC2C)c1C. The van der Waals surface area contributed by atoms with Gasteiger partial charge in [0.05, 0.1) is 5.56 Å². The van der Waals surface area contributed by atoms with Gasteiger partial charge in [-0.2, -0.15) is 5.26 Å². The third-order valence-corrected chi connectivity index (χ3v) is 4.30. The lowest BCUT2D eigenvalue weighted by Gasteiger charge is -2.32. The Balaban J connectivity index is 2.48. The van der Waals surface area contributed by atoms with E-state index in [0.717, 1.165) is 11.3 Å². The number of nitrogens with zero attached hydrogens (tertiary/aromatic N) is 2. The summed E-state index contributed by atoms with van der Waals surface area (Å²) in [5.74, 6) is 1.32. The third-order valence-electron chi connectivity index (χ3n) is 4.30. The van der Waals surface area contributed by atoms with Crippen LogP contribution in [0.1, 0.15) is 55.5 Å². The number of anilines is 1. The van der Waals surface area contributed by atoms with E-state index in [0.29, 0.717) is 23.3 Å². The van der Waals surface area contributed by atoms with Crippen LogP contribution in [0.4, 0.5) is 5.82 Å². The summed E-state index contributed by atoms with van der Waals surface area (Å²) in [5.41, 5.74) is 9.02. The van der Waals surface area contributed by atoms with Crippen LogP contribution in [-0.4, -0.2) is 4.57 Å². The maximum absolute atomic E-state index is 9.16. The molecule has 0 spiro atoms. The highest BCUT2D eigenvalue weighted by Crippen LogP contribution is 2.38. The quantitative estimate of drug-likeness (QED) is 0.806. The van der Waals surface area contributed by atoms with Gasteiger partial charge in [-0.1, -0.05) is 19.8 Å². The first-order valence-corrected chi connectivity index (χ1v) is 6.44. The van der Waals surface area contributed by atoms with Gasteiger partial charge in [0.1, 0.15) is 11.9 Å². The van der Waals surface area contributed by atoms with Crippen molar-refractivity contribution in [1.82, 2.24) is 4.57 Å². The van der Waals surface area contributed by atoms with E-state index >= 15 is 0 Å². The molecule has 1 heterocycles. The Hall–Kier alpha value is -1.43. The number of nitriles is 1. The average Bonchev–Trinajstić information content (AvgIpc) is 2.52. The Morgan fingerprint density at radius 2 is 1.94 bits per heavy atom. The highest BCUT2D eigenvalue weighted by Gasteiger charge is 2.27. The van der Waals surface area contributed by atoms with Gasteiger partial charge in [-0.25, -0.2) is 0 Å². The first kappa shape index (κ1) is 12.0. The maximum Gasteiger partial charge on any atom is 0.122 e. The Labute approximate surface area is 103 Å². The minimum atomic E-state index is 0.476. The molecule has 3 heteroatoms. The Kier molecular flexibility index (Phi) is 3.15. The minimum Gasteiger partial charge on any atom is -0.384 e. The molecule has 1 saturated carbocycles. The molecule has 2 unspecified atom stereocenters. The highest BCUT2D eigenvalue weighted by atomic mass is 15.1. The number of hydrogen-bond acceptors (Lipinski definition) is 2. The molecule has 0 aliphatic heterocycles. The van der Waals surface area contributed by atoms with Crippen molar-refractivity contribution in [3.8, 4) is 6.07 Å². The van der Waals surface area contributed by atoms with Crippen molar-refractivity contribution in [2.45, 2.75) is 52.5 Å². The average molecular weight is 231 g/mol. The van der Waals surface area contributed by atoms with E-state index < -0.39 is 0 Å². The van der Waals surface area contributed by atoms with Crippen LogP contribution in [0.3, 0.4) is 0 Å². The first-order valence-electron chi connectivity index (χ1n) is 6.44. The van der Waals surface area contributed by atoms with Gasteiger partial charge in [0.25, 0.3) is 0 Å². The molecule has 2 N–H and O–H groups in total. The number of hydrogen-bond donors (Lipinski definition) is 1. The summed E-state index contributed by atoms with van der Waals surface area (Å²) >= 11 is 0. The van der Waals surface area contributed by atoms with E-state index in [2.05, 4.69) is 24.5 Å². The van der Waals surface area contributed by atoms with Crippen molar-refractivity contribution < 1.29 is 0 Å². The molecule has 0 saturated heterocycles. The monoisotopic (exact) mass is 231 g/mol. The van der Waals surface area contributed by atoms with Gasteiger partial charge in [-0.3, -0.25) is 0 Å². The lowest BCUT2D eigenvalue weighted by molar-refractivity contribution is 0.257. The highest BCUT2D eigenvalue weighted by molar-refractivity contribution is 5.58. The lowest BCUT2D eigenvalue weighted by Crippen LogP contribution is -2.23. The molecular weight excluding hydrogens is 210 g/mol. The molecule has 1 aliphatic rings. The Morgan fingerprint density at radius 1 is 1.29 bits per heavy atom. The second-order valence-corrected chi connectivity index (χ2v) is 5.28. The van der Waals surface area contributed by atoms with Crippen LogP contribution in [0, 0.1) is 31.1 Å². The van der Waals surface area contributed by atoms with E-state index in [1.807, 2.05) is 6.92 Å². The smallest absolute Gasteiger partial charge is 0.122 e. The fourth-order valence-electron chi connectivity index (χ4n) is 3.10. The molecule has 1 aromatic heterocycles. The van der Waals surface area contributed by atoms with Gasteiger partial charge < -0.3 is 10.3 Å². The number of aromatic nitrogens is 1. The second kappa shape index (κ2) is 4.44. The predicted octanol–water partition coefficient (Wildman–Crippen LogP) is 3.31. The molecule has 2 atom stereocenters. The van der Waals surface area contributed by atoms with Crippen LogP contribution < -0.4 is 5.73 Å². The van der Waals surface area contributed by atoms with E-state index in [4.69, 9.17) is 11.0 Å². The van der Waals surface area contributed by atoms with E-state index in [9.17, 15) is 0 Å². The van der Waals surface area contributed by atoms with Gasteiger partial charge in [0.2, 0.25) is 0 Å². The molecular formula is C14H21N3. The van der Waals surface area contributed by atoms with E-state index in [1.165, 1.54) is 25.7 Å². The van der Waals surface area contributed by atoms with Crippen LogP contribution >= 0.6 is 0 Å². The molecule has 3 nitrogen and oxygen atoms in total. The number of nitrogens with two attached hydrogens (primary N) is 1. The minimum absolute atomic E-state index is 0.476. The maximum atomic E-state index is 9.16. The molecule has 0 amide bonds. The van der Waals surface area contributed by atoms with Gasteiger partial charge in [-0.05, 0) is 38.2 Å². The topological polar surface area (TPSA) is 54.7 Å². The van der Waals surface area contributed by atoms with Crippen LogP contribution in [0.25, 0.3) is 0 Å².